The minimum Gasteiger partial charge on any atom is -0.492 e. The minimum atomic E-state index is -4.41. The first-order valence-corrected chi connectivity index (χ1v) is 8.38. The summed E-state index contributed by atoms with van der Waals surface area (Å²) >= 11 is 0. The summed E-state index contributed by atoms with van der Waals surface area (Å²) in [5.74, 6) is -2.37. The van der Waals surface area contributed by atoms with Gasteiger partial charge in [0.25, 0.3) is 0 Å². The molecule has 0 aliphatic rings. The smallest absolute Gasteiger partial charge is 0.416 e. The number of nitrogens with one attached hydrogen (secondary N) is 2. The van der Waals surface area contributed by atoms with Gasteiger partial charge in [-0.2, -0.15) is 13.2 Å². The molecule has 0 aliphatic carbocycles. The number of amides is 2. The molecule has 0 saturated heterocycles. The summed E-state index contributed by atoms with van der Waals surface area (Å²) < 4.78 is 56.0. The van der Waals surface area contributed by atoms with E-state index in [1.54, 1.807) is 6.92 Å². The van der Waals surface area contributed by atoms with Crippen molar-refractivity contribution in [2.75, 3.05) is 18.5 Å². The molecule has 2 amide bonds. The first-order valence-electron chi connectivity index (χ1n) is 8.38. The van der Waals surface area contributed by atoms with Crippen molar-refractivity contribution in [3.63, 3.8) is 0 Å². The highest BCUT2D eigenvalue weighted by atomic mass is 19.4. The number of anilines is 1. The van der Waals surface area contributed by atoms with E-state index in [4.69, 9.17) is 4.74 Å². The van der Waals surface area contributed by atoms with Crippen molar-refractivity contribution in [2.24, 2.45) is 0 Å². The summed E-state index contributed by atoms with van der Waals surface area (Å²) in [4.78, 5) is 23.8. The molecule has 0 bridgehead atoms. The molecule has 2 N–H and O–H groups in total. The van der Waals surface area contributed by atoms with E-state index in [2.05, 4.69) is 10.6 Å². The zero-order valence-corrected chi connectivity index (χ0v) is 14.9. The molecule has 0 heterocycles. The van der Waals surface area contributed by atoms with E-state index in [1.165, 1.54) is 18.2 Å². The van der Waals surface area contributed by atoms with Crippen LogP contribution in [0.5, 0.6) is 5.75 Å². The zero-order valence-electron chi connectivity index (χ0n) is 14.9. The predicted octanol–water partition coefficient (Wildman–Crippen LogP) is 3.54. The lowest BCUT2D eigenvalue weighted by atomic mass is 10.1. The molecule has 0 spiro atoms. The Morgan fingerprint density at radius 1 is 1.04 bits per heavy atom. The van der Waals surface area contributed by atoms with E-state index in [-0.39, 0.29) is 31.0 Å². The van der Waals surface area contributed by atoms with E-state index < -0.39 is 29.4 Å². The largest absolute Gasteiger partial charge is 0.492 e. The summed E-state index contributed by atoms with van der Waals surface area (Å²) in [5, 5.41) is 4.70. The fraction of sp³-hybridized carbons (Fsp3) is 0.263. The highest BCUT2D eigenvalue weighted by Crippen LogP contribution is 2.29. The van der Waals surface area contributed by atoms with Gasteiger partial charge in [-0.3, -0.25) is 9.59 Å². The second kappa shape index (κ2) is 9.20. The van der Waals surface area contributed by atoms with Gasteiger partial charge in [0.1, 0.15) is 11.6 Å². The maximum Gasteiger partial charge on any atom is 0.416 e. The van der Waals surface area contributed by atoms with Crippen LogP contribution in [0.15, 0.2) is 42.5 Å². The van der Waals surface area contributed by atoms with Crippen LogP contribution in [0.3, 0.4) is 0 Å². The van der Waals surface area contributed by atoms with Crippen LogP contribution in [0.1, 0.15) is 18.1 Å². The molecule has 9 heteroatoms. The maximum absolute atomic E-state index is 13.3. The monoisotopic (exact) mass is 398 g/mol. The molecule has 5 nitrogen and oxygen atoms in total. The number of benzene rings is 2. The Morgan fingerprint density at radius 2 is 1.71 bits per heavy atom. The SMILES string of the molecule is CCOc1cc(F)ccc1NC(=O)C(=O)NCCc1ccc(C(F)(F)F)cc1. The van der Waals surface area contributed by atoms with Crippen LogP contribution >= 0.6 is 0 Å². The lowest BCUT2D eigenvalue weighted by Crippen LogP contribution is -2.36. The van der Waals surface area contributed by atoms with Crippen LogP contribution < -0.4 is 15.4 Å². The first kappa shape index (κ1) is 21.2. The van der Waals surface area contributed by atoms with Gasteiger partial charge in [0.15, 0.2) is 0 Å². The van der Waals surface area contributed by atoms with Gasteiger partial charge in [0, 0.05) is 12.6 Å². The fourth-order valence-electron chi connectivity index (χ4n) is 2.31. The average molecular weight is 398 g/mol. The van der Waals surface area contributed by atoms with Crippen LogP contribution in [-0.2, 0) is 22.2 Å². The third-order valence-corrected chi connectivity index (χ3v) is 3.68. The molecule has 2 aromatic carbocycles. The highest BCUT2D eigenvalue weighted by Gasteiger charge is 2.29. The van der Waals surface area contributed by atoms with Gasteiger partial charge in [-0.25, -0.2) is 4.39 Å². The summed E-state index contributed by atoms with van der Waals surface area (Å²) in [6.45, 7) is 1.98. The summed E-state index contributed by atoms with van der Waals surface area (Å²) in [6, 6.07) is 7.99. The van der Waals surface area contributed by atoms with Crippen LogP contribution in [0.2, 0.25) is 0 Å². The second-order valence-corrected chi connectivity index (χ2v) is 5.73. The third-order valence-electron chi connectivity index (χ3n) is 3.68. The van der Waals surface area contributed by atoms with E-state index in [0.29, 0.717) is 5.56 Å². The number of alkyl halides is 3. The van der Waals surface area contributed by atoms with Crippen LogP contribution in [-0.4, -0.2) is 25.0 Å². The predicted molar refractivity (Wildman–Crippen MR) is 94.4 cm³/mol. The van der Waals surface area contributed by atoms with Crippen molar-refractivity contribution < 1.29 is 31.9 Å². The quantitative estimate of drug-likeness (QED) is 0.578. The van der Waals surface area contributed by atoms with E-state index in [0.717, 1.165) is 24.3 Å². The zero-order chi connectivity index (χ0) is 20.7. The standard InChI is InChI=1S/C19H18F4N2O3/c1-2-28-16-11-14(20)7-8-15(16)25-18(27)17(26)24-10-9-12-3-5-13(6-4-12)19(21,22)23/h3-8,11H,2,9-10H2,1H3,(H,24,26)(H,25,27). The number of carbonyl (C=O) groups excluding carboxylic acids is 2. The van der Waals surface area contributed by atoms with Crippen molar-refractivity contribution in [2.45, 2.75) is 19.5 Å². The van der Waals surface area contributed by atoms with Gasteiger partial charge in [-0.1, -0.05) is 12.1 Å². The molecule has 2 rings (SSSR count). The molecule has 0 atom stereocenters. The highest BCUT2D eigenvalue weighted by molar-refractivity contribution is 6.39. The van der Waals surface area contributed by atoms with E-state index >= 15 is 0 Å². The first-order chi connectivity index (χ1) is 13.2. The van der Waals surface area contributed by atoms with Gasteiger partial charge in [0.05, 0.1) is 17.9 Å². The average Bonchev–Trinajstić information content (AvgIpc) is 2.63. The second-order valence-electron chi connectivity index (χ2n) is 5.73. The number of ether oxygens (including phenoxy) is 1. The molecule has 0 saturated carbocycles. The molecule has 150 valence electrons. The Hall–Kier alpha value is -3.10. The molecule has 2 aromatic rings. The fourth-order valence-corrected chi connectivity index (χ4v) is 2.31. The number of hydrogen-bond acceptors (Lipinski definition) is 3. The lowest BCUT2D eigenvalue weighted by molar-refractivity contribution is -0.137. The normalized spacial score (nSPS) is 11.0. The molecular weight excluding hydrogens is 380 g/mol. The van der Waals surface area contributed by atoms with Gasteiger partial charge < -0.3 is 15.4 Å². The van der Waals surface area contributed by atoms with Gasteiger partial charge >= 0.3 is 18.0 Å². The van der Waals surface area contributed by atoms with E-state index in [1.807, 2.05) is 0 Å². The Kier molecular flexibility index (Phi) is 6.97. The van der Waals surface area contributed by atoms with Gasteiger partial charge in [0.2, 0.25) is 0 Å². The van der Waals surface area contributed by atoms with Gasteiger partial charge in [-0.05, 0) is 43.2 Å². The molecular formula is C19H18F4N2O3. The Bertz CT molecular complexity index is 836. The van der Waals surface area contributed by atoms with Crippen molar-refractivity contribution in [3.05, 3.63) is 59.4 Å². The number of carbonyl (C=O) groups is 2. The maximum atomic E-state index is 13.3. The lowest BCUT2D eigenvalue weighted by Gasteiger charge is -2.12. The van der Waals surface area contributed by atoms with Gasteiger partial charge in [-0.15, -0.1) is 0 Å². The van der Waals surface area contributed by atoms with Crippen LogP contribution in [0.25, 0.3) is 0 Å². The molecule has 28 heavy (non-hydrogen) atoms. The Labute approximate surface area is 158 Å². The van der Waals surface area contributed by atoms with Crippen LogP contribution in [0, 0.1) is 5.82 Å². The topological polar surface area (TPSA) is 67.4 Å². The summed E-state index contributed by atoms with van der Waals surface area (Å²) in [5.41, 5.74) is -0.0407. The number of rotatable bonds is 6. The molecule has 0 unspecified atom stereocenters. The van der Waals surface area contributed by atoms with Crippen molar-refractivity contribution in [3.8, 4) is 5.75 Å². The third kappa shape index (κ3) is 5.97. The molecule has 0 radical (unpaired) electrons. The Balaban J connectivity index is 1.87. The Morgan fingerprint density at radius 3 is 2.32 bits per heavy atom. The summed E-state index contributed by atoms with van der Waals surface area (Å²) in [6.07, 6.45) is -4.16. The molecule has 0 aromatic heterocycles. The number of hydrogen-bond donors (Lipinski definition) is 2. The van der Waals surface area contributed by atoms with E-state index in [9.17, 15) is 27.2 Å². The van der Waals surface area contributed by atoms with Crippen molar-refractivity contribution in [1.82, 2.24) is 5.32 Å². The molecule has 0 fully saturated rings. The van der Waals surface area contributed by atoms with Crippen LogP contribution in [0.4, 0.5) is 23.2 Å². The van der Waals surface area contributed by atoms with Crippen molar-refractivity contribution >= 4 is 17.5 Å². The minimum absolute atomic E-state index is 0.0549. The number of halogens is 4. The van der Waals surface area contributed by atoms with Crippen molar-refractivity contribution in [1.29, 1.82) is 0 Å². The summed E-state index contributed by atoms with van der Waals surface area (Å²) in [7, 11) is 0. The molecule has 0 aliphatic heterocycles.